The molecule has 0 saturated carbocycles. The van der Waals surface area contributed by atoms with E-state index in [1.54, 1.807) is 11.3 Å². The topological polar surface area (TPSA) is 39.7 Å². The third kappa shape index (κ3) is 6.42. The Balaban J connectivity index is 0.00000242. The van der Waals surface area contributed by atoms with Crippen LogP contribution in [-0.2, 0) is 6.54 Å². The van der Waals surface area contributed by atoms with E-state index in [2.05, 4.69) is 51.9 Å². The summed E-state index contributed by atoms with van der Waals surface area (Å²) in [6.45, 7) is 9.53. The number of thiophene rings is 1. The highest BCUT2D eigenvalue weighted by atomic mass is 127. The van der Waals surface area contributed by atoms with Gasteiger partial charge in [-0.15, -0.1) is 35.3 Å². The lowest BCUT2D eigenvalue weighted by molar-refractivity contribution is 0.236. The van der Waals surface area contributed by atoms with E-state index in [9.17, 15) is 0 Å². The molecule has 1 aromatic heterocycles. The van der Waals surface area contributed by atoms with E-state index >= 15 is 0 Å². The molecule has 2 heterocycles. The molecule has 1 aliphatic rings. The number of rotatable bonds is 7. The fourth-order valence-electron chi connectivity index (χ4n) is 2.75. The maximum absolute atomic E-state index is 4.68. The largest absolute Gasteiger partial charge is 0.357 e. The summed E-state index contributed by atoms with van der Waals surface area (Å²) in [7, 11) is 0. The maximum atomic E-state index is 4.68. The van der Waals surface area contributed by atoms with Gasteiger partial charge in [-0.05, 0) is 50.7 Å². The number of guanidine groups is 1. The van der Waals surface area contributed by atoms with E-state index in [4.69, 9.17) is 0 Å². The average Bonchev–Trinajstić information content (AvgIpc) is 3.18. The van der Waals surface area contributed by atoms with Crippen LogP contribution >= 0.6 is 35.3 Å². The molecule has 22 heavy (non-hydrogen) atoms. The van der Waals surface area contributed by atoms with Gasteiger partial charge in [0.15, 0.2) is 5.96 Å². The third-order valence-electron chi connectivity index (χ3n) is 3.95. The van der Waals surface area contributed by atoms with Crippen LogP contribution in [0.15, 0.2) is 22.5 Å². The number of hydrogen-bond acceptors (Lipinski definition) is 3. The molecule has 1 aromatic rings. The first kappa shape index (κ1) is 19.7. The number of nitrogens with zero attached hydrogens (tertiary/aromatic N) is 2. The van der Waals surface area contributed by atoms with Gasteiger partial charge < -0.3 is 10.6 Å². The van der Waals surface area contributed by atoms with Crippen LogP contribution in [0.25, 0.3) is 0 Å². The molecule has 2 N–H and O–H groups in total. The Morgan fingerprint density at radius 1 is 1.32 bits per heavy atom. The molecule has 4 nitrogen and oxygen atoms in total. The zero-order valence-electron chi connectivity index (χ0n) is 13.7. The highest BCUT2D eigenvalue weighted by molar-refractivity contribution is 14.0. The van der Waals surface area contributed by atoms with Crippen molar-refractivity contribution in [3.05, 3.63) is 22.4 Å². The zero-order chi connectivity index (χ0) is 14.9. The average molecular weight is 436 g/mol. The van der Waals surface area contributed by atoms with E-state index in [0.717, 1.165) is 25.6 Å². The molecule has 0 bridgehead atoms. The first-order valence-electron chi connectivity index (χ1n) is 8.12. The van der Waals surface area contributed by atoms with Crippen LogP contribution in [0, 0.1) is 0 Å². The molecule has 0 amide bonds. The molecule has 0 spiro atoms. The summed E-state index contributed by atoms with van der Waals surface area (Å²) >= 11 is 1.76. The smallest absolute Gasteiger partial charge is 0.191 e. The summed E-state index contributed by atoms with van der Waals surface area (Å²) < 4.78 is 0. The second-order valence-corrected chi connectivity index (χ2v) is 6.49. The van der Waals surface area contributed by atoms with E-state index in [1.165, 1.54) is 37.2 Å². The predicted molar refractivity (Wildman–Crippen MR) is 107 cm³/mol. The van der Waals surface area contributed by atoms with Gasteiger partial charge in [-0.2, -0.15) is 0 Å². The van der Waals surface area contributed by atoms with Crippen molar-refractivity contribution in [2.75, 3.05) is 26.2 Å². The van der Waals surface area contributed by atoms with Crippen LogP contribution in [0.1, 0.15) is 38.0 Å². The van der Waals surface area contributed by atoms with Crippen LogP contribution in [-0.4, -0.2) is 43.1 Å². The maximum Gasteiger partial charge on any atom is 0.191 e. The van der Waals surface area contributed by atoms with Crippen molar-refractivity contribution in [1.82, 2.24) is 15.5 Å². The minimum absolute atomic E-state index is 0. The summed E-state index contributed by atoms with van der Waals surface area (Å²) in [5, 5.41) is 8.96. The molecule has 6 heteroatoms. The van der Waals surface area contributed by atoms with Gasteiger partial charge in [0.1, 0.15) is 0 Å². The van der Waals surface area contributed by atoms with Crippen molar-refractivity contribution in [2.45, 2.75) is 45.7 Å². The van der Waals surface area contributed by atoms with E-state index in [0.29, 0.717) is 6.04 Å². The third-order valence-corrected chi connectivity index (χ3v) is 4.81. The fourth-order valence-corrected chi connectivity index (χ4v) is 3.38. The van der Waals surface area contributed by atoms with Crippen LogP contribution < -0.4 is 10.6 Å². The Bertz CT molecular complexity index is 416. The normalized spacial score (nSPS) is 17.1. The van der Waals surface area contributed by atoms with Crippen LogP contribution in [0.5, 0.6) is 0 Å². The van der Waals surface area contributed by atoms with Crippen LogP contribution in [0.2, 0.25) is 0 Å². The second-order valence-electron chi connectivity index (χ2n) is 5.46. The number of halogens is 1. The van der Waals surface area contributed by atoms with Gasteiger partial charge in [0.2, 0.25) is 0 Å². The molecule has 0 radical (unpaired) electrons. The van der Waals surface area contributed by atoms with Gasteiger partial charge in [-0.1, -0.05) is 13.0 Å². The quantitative estimate of drug-likeness (QED) is 0.392. The van der Waals surface area contributed by atoms with Gasteiger partial charge in [-0.25, -0.2) is 4.99 Å². The van der Waals surface area contributed by atoms with Gasteiger partial charge in [0.25, 0.3) is 0 Å². The van der Waals surface area contributed by atoms with Gasteiger partial charge in [0.05, 0.1) is 6.54 Å². The molecular formula is C16H29IN4S. The Morgan fingerprint density at radius 3 is 2.68 bits per heavy atom. The minimum Gasteiger partial charge on any atom is -0.357 e. The number of aliphatic imine (C=N–C) groups is 1. The van der Waals surface area contributed by atoms with Gasteiger partial charge in [-0.3, -0.25) is 4.90 Å². The first-order valence-corrected chi connectivity index (χ1v) is 9.00. The lowest BCUT2D eigenvalue weighted by Crippen LogP contribution is -2.46. The molecule has 1 unspecified atom stereocenters. The summed E-state index contributed by atoms with van der Waals surface area (Å²) in [5.41, 5.74) is 0. The number of nitrogens with one attached hydrogen (secondary N) is 2. The molecule has 2 rings (SSSR count). The summed E-state index contributed by atoms with van der Waals surface area (Å²) in [4.78, 5) is 8.59. The molecule has 0 aromatic carbocycles. The van der Waals surface area contributed by atoms with E-state index in [-0.39, 0.29) is 24.0 Å². The summed E-state index contributed by atoms with van der Waals surface area (Å²) in [6, 6.07) is 4.84. The van der Waals surface area contributed by atoms with Crippen molar-refractivity contribution in [2.24, 2.45) is 4.99 Å². The molecular weight excluding hydrogens is 407 g/mol. The second kappa shape index (κ2) is 11.2. The Kier molecular flexibility index (Phi) is 10.1. The van der Waals surface area contributed by atoms with Crippen molar-refractivity contribution in [1.29, 1.82) is 0 Å². The highest BCUT2D eigenvalue weighted by Crippen LogP contribution is 2.13. The Hall–Kier alpha value is -0.340. The fraction of sp³-hybridized carbons (Fsp3) is 0.688. The molecule has 126 valence electrons. The lowest BCUT2D eigenvalue weighted by Gasteiger charge is -2.27. The van der Waals surface area contributed by atoms with Gasteiger partial charge in [0, 0.05) is 24.0 Å². The summed E-state index contributed by atoms with van der Waals surface area (Å²) in [5.74, 6) is 0.934. The van der Waals surface area contributed by atoms with Crippen molar-refractivity contribution in [3.63, 3.8) is 0 Å². The highest BCUT2D eigenvalue weighted by Gasteiger charge is 2.20. The molecule has 1 saturated heterocycles. The monoisotopic (exact) mass is 436 g/mol. The van der Waals surface area contributed by atoms with Gasteiger partial charge >= 0.3 is 0 Å². The SMILES string of the molecule is CCNC(=NCc1cccs1)NCC(CC)N1CCCC1.I. The number of hydrogen-bond donors (Lipinski definition) is 2. The predicted octanol–water partition coefficient (Wildman–Crippen LogP) is 3.30. The molecule has 1 atom stereocenters. The van der Waals surface area contributed by atoms with E-state index in [1.807, 2.05) is 0 Å². The van der Waals surface area contributed by atoms with Crippen LogP contribution in [0.3, 0.4) is 0 Å². The van der Waals surface area contributed by atoms with Crippen molar-refractivity contribution < 1.29 is 0 Å². The first-order chi connectivity index (χ1) is 10.3. The van der Waals surface area contributed by atoms with Crippen molar-refractivity contribution in [3.8, 4) is 0 Å². The molecule has 0 aliphatic carbocycles. The Morgan fingerprint density at radius 2 is 2.09 bits per heavy atom. The lowest BCUT2D eigenvalue weighted by atomic mass is 10.2. The summed E-state index contributed by atoms with van der Waals surface area (Å²) in [6.07, 6.45) is 3.89. The molecule has 1 aliphatic heterocycles. The minimum atomic E-state index is 0. The Labute approximate surface area is 155 Å². The number of likely N-dealkylation sites (tertiary alicyclic amines) is 1. The van der Waals surface area contributed by atoms with Crippen LogP contribution in [0.4, 0.5) is 0 Å². The molecule has 1 fully saturated rings. The zero-order valence-corrected chi connectivity index (χ0v) is 16.8. The standard InChI is InChI=1S/C16H28N4S.HI/c1-3-14(20-9-5-6-10-20)12-18-16(17-4-2)19-13-15-8-7-11-21-15;/h7-8,11,14H,3-6,9-10,12-13H2,1-2H3,(H2,17,18,19);1H. The van der Waals surface area contributed by atoms with Crippen molar-refractivity contribution >= 4 is 41.3 Å². The van der Waals surface area contributed by atoms with E-state index < -0.39 is 0 Å².